The molecule has 8 heteroatoms. The Morgan fingerprint density at radius 2 is 1.62 bits per heavy atom. The number of rotatable bonds is 5. The molecule has 0 aliphatic rings. The lowest BCUT2D eigenvalue weighted by Crippen LogP contribution is -2.15. The molecule has 0 aliphatic carbocycles. The van der Waals surface area contributed by atoms with Gasteiger partial charge in [-0.1, -0.05) is 23.7 Å². The minimum atomic E-state index is -0.495. The van der Waals surface area contributed by atoms with Crippen LogP contribution in [0.4, 0.5) is 11.4 Å². The van der Waals surface area contributed by atoms with E-state index < -0.39 is 11.9 Å². The number of hydrogen-bond acceptors (Lipinski definition) is 5. The molecule has 6 nitrogen and oxygen atoms in total. The van der Waals surface area contributed by atoms with Crippen LogP contribution in [-0.4, -0.2) is 24.9 Å². The molecule has 1 aromatic heterocycles. The number of nitrogens with one attached hydrogen (secondary N) is 2. The van der Waals surface area contributed by atoms with Gasteiger partial charge in [-0.15, -0.1) is 11.3 Å². The molecule has 29 heavy (non-hydrogen) atoms. The van der Waals surface area contributed by atoms with Gasteiger partial charge in [-0.25, -0.2) is 4.79 Å². The van der Waals surface area contributed by atoms with E-state index >= 15 is 0 Å². The number of carbonyl (C=O) groups is 3. The van der Waals surface area contributed by atoms with Crippen molar-refractivity contribution < 1.29 is 19.1 Å². The second-order valence-electron chi connectivity index (χ2n) is 6.10. The highest BCUT2D eigenvalue weighted by Crippen LogP contribution is 2.25. The van der Waals surface area contributed by atoms with Crippen LogP contribution in [0.1, 0.15) is 36.0 Å². The van der Waals surface area contributed by atoms with Crippen LogP contribution < -0.4 is 10.6 Å². The summed E-state index contributed by atoms with van der Waals surface area (Å²) in [6.45, 7) is 1.81. The third-order valence-electron chi connectivity index (χ3n) is 4.13. The molecule has 0 saturated heterocycles. The van der Waals surface area contributed by atoms with Crippen molar-refractivity contribution in [3.05, 3.63) is 80.5 Å². The van der Waals surface area contributed by atoms with Crippen LogP contribution in [0, 0.1) is 6.92 Å². The van der Waals surface area contributed by atoms with Crippen LogP contribution in [0.3, 0.4) is 0 Å². The summed E-state index contributed by atoms with van der Waals surface area (Å²) in [5.41, 5.74) is 2.23. The lowest BCUT2D eigenvalue weighted by molar-refractivity contribution is 0.0600. The molecule has 2 N–H and O–H groups in total. The quantitative estimate of drug-likeness (QED) is 0.560. The van der Waals surface area contributed by atoms with E-state index in [1.54, 1.807) is 41.8 Å². The minimum absolute atomic E-state index is 0.304. The Morgan fingerprint density at radius 3 is 2.31 bits per heavy atom. The molecule has 148 valence electrons. The second kappa shape index (κ2) is 8.89. The Kier molecular flexibility index (Phi) is 6.31. The maximum atomic E-state index is 12.7. The third-order valence-corrected chi connectivity index (χ3v) is 5.33. The first-order valence-corrected chi connectivity index (χ1v) is 9.79. The second-order valence-corrected chi connectivity index (χ2v) is 7.46. The molecule has 2 aromatic carbocycles. The molecular formula is C21H17ClN2O4S. The summed E-state index contributed by atoms with van der Waals surface area (Å²) in [6, 6.07) is 13.0. The number of esters is 1. The number of anilines is 2. The molecule has 3 rings (SSSR count). The zero-order valence-corrected chi connectivity index (χ0v) is 17.2. The molecule has 0 atom stereocenters. The number of amides is 2. The number of thiophene rings is 1. The van der Waals surface area contributed by atoms with E-state index in [4.69, 9.17) is 16.3 Å². The maximum absolute atomic E-state index is 12.7. The normalized spacial score (nSPS) is 10.3. The van der Waals surface area contributed by atoms with E-state index in [0.717, 1.165) is 5.56 Å². The Balaban J connectivity index is 1.81. The van der Waals surface area contributed by atoms with Crippen LogP contribution in [0.5, 0.6) is 0 Å². The van der Waals surface area contributed by atoms with Crippen molar-refractivity contribution in [1.82, 2.24) is 0 Å². The molecule has 0 radical (unpaired) electrons. The molecule has 0 spiro atoms. The average molecular weight is 429 g/mol. The predicted molar refractivity (Wildman–Crippen MR) is 114 cm³/mol. The molecule has 0 fully saturated rings. The number of ether oxygens (including phenoxy) is 1. The van der Waals surface area contributed by atoms with Crippen molar-refractivity contribution in [3.63, 3.8) is 0 Å². The van der Waals surface area contributed by atoms with Crippen LogP contribution in [0.2, 0.25) is 5.02 Å². The van der Waals surface area contributed by atoms with Gasteiger partial charge in [0.2, 0.25) is 0 Å². The summed E-state index contributed by atoms with van der Waals surface area (Å²) in [7, 11) is 1.29. The van der Waals surface area contributed by atoms with Gasteiger partial charge in [-0.2, -0.15) is 0 Å². The summed E-state index contributed by atoms with van der Waals surface area (Å²) in [6.07, 6.45) is 0. The zero-order chi connectivity index (χ0) is 21.0. The van der Waals surface area contributed by atoms with Crippen molar-refractivity contribution in [2.24, 2.45) is 0 Å². The molecule has 1 heterocycles. The number of hydrogen-bond donors (Lipinski definition) is 2. The monoisotopic (exact) mass is 428 g/mol. The first kappa shape index (κ1) is 20.6. The average Bonchev–Trinajstić information content (AvgIpc) is 3.25. The van der Waals surface area contributed by atoms with Gasteiger partial charge in [0, 0.05) is 11.3 Å². The fourth-order valence-corrected chi connectivity index (χ4v) is 3.33. The standard InChI is InChI=1S/C21H17ClN2O4S/c1-12-5-6-14(21(27)28-2)11-16(12)23-19(25)13-7-8-15(22)17(10-13)24-20(26)18-4-3-9-29-18/h3-11H,1-2H3,(H,23,25)(H,24,26). The van der Waals surface area contributed by atoms with Crippen LogP contribution in [0.15, 0.2) is 53.9 Å². The van der Waals surface area contributed by atoms with Crippen LogP contribution in [-0.2, 0) is 4.74 Å². The lowest BCUT2D eigenvalue weighted by atomic mass is 10.1. The topological polar surface area (TPSA) is 84.5 Å². The Morgan fingerprint density at radius 1 is 0.931 bits per heavy atom. The highest BCUT2D eigenvalue weighted by Gasteiger charge is 2.15. The molecule has 2 amide bonds. The van der Waals surface area contributed by atoms with Gasteiger partial charge in [0.25, 0.3) is 11.8 Å². The fourth-order valence-electron chi connectivity index (χ4n) is 2.55. The highest BCUT2D eigenvalue weighted by molar-refractivity contribution is 7.12. The van der Waals surface area contributed by atoms with Gasteiger partial charge >= 0.3 is 5.97 Å². The van der Waals surface area contributed by atoms with Gasteiger partial charge in [-0.05, 0) is 54.3 Å². The Labute approximate surface area is 176 Å². The van der Waals surface area contributed by atoms with Crippen molar-refractivity contribution >= 4 is 52.1 Å². The molecule has 0 unspecified atom stereocenters. The van der Waals surface area contributed by atoms with Crippen molar-refractivity contribution in [3.8, 4) is 0 Å². The number of halogens is 1. The summed E-state index contributed by atoms with van der Waals surface area (Å²) < 4.78 is 4.71. The first-order chi connectivity index (χ1) is 13.9. The van der Waals surface area contributed by atoms with Crippen molar-refractivity contribution in [2.75, 3.05) is 17.7 Å². The van der Waals surface area contributed by atoms with Gasteiger partial charge < -0.3 is 15.4 Å². The van der Waals surface area contributed by atoms with E-state index in [2.05, 4.69) is 10.6 Å². The molecule has 0 bridgehead atoms. The summed E-state index contributed by atoms with van der Waals surface area (Å²) in [4.78, 5) is 37.2. The van der Waals surface area contributed by atoms with Crippen LogP contribution in [0.25, 0.3) is 0 Å². The van der Waals surface area contributed by atoms with E-state index in [1.807, 2.05) is 6.92 Å². The summed E-state index contributed by atoms with van der Waals surface area (Å²) >= 11 is 7.47. The van der Waals surface area contributed by atoms with E-state index in [0.29, 0.717) is 32.4 Å². The Hall–Kier alpha value is -3.16. The van der Waals surface area contributed by atoms with Crippen molar-refractivity contribution in [1.29, 1.82) is 0 Å². The van der Waals surface area contributed by atoms with Gasteiger partial charge in [0.1, 0.15) is 0 Å². The third kappa shape index (κ3) is 4.82. The van der Waals surface area contributed by atoms with Crippen molar-refractivity contribution in [2.45, 2.75) is 6.92 Å². The van der Waals surface area contributed by atoms with E-state index in [9.17, 15) is 14.4 Å². The van der Waals surface area contributed by atoms with E-state index in [-0.39, 0.29) is 5.91 Å². The van der Waals surface area contributed by atoms with Gasteiger partial charge in [-0.3, -0.25) is 9.59 Å². The maximum Gasteiger partial charge on any atom is 0.337 e. The van der Waals surface area contributed by atoms with E-state index in [1.165, 1.54) is 30.6 Å². The van der Waals surface area contributed by atoms with Crippen LogP contribution >= 0.6 is 22.9 Å². The molecular weight excluding hydrogens is 412 g/mol. The smallest absolute Gasteiger partial charge is 0.337 e. The van der Waals surface area contributed by atoms with Gasteiger partial charge in [0.05, 0.1) is 28.3 Å². The largest absolute Gasteiger partial charge is 0.465 e. The summed E-state index contributed by atoms with van der Waals surface area (Å²) in [5, 5.41) is 7.60. The zero-order valence-electron chi connectivity index (χ0n) is 15.6. The number of carbonyl (C=O) groups excluding carboxylic acids is 3. The number of methoxy groups -OCH3 is 1. The molecule has 0 aliphatic heterocycles. The van der Waals surface area contributed by atoms with Gasteiger partial charge in [0.15, 0.2) is 0 Å². The summed E-state index contributed by atoms with van der Waals surface area (Å²) in [5.74, 6) is -1.20. The number of aryl methyl sites for hydroxylation is 1. The lowest BCUT2D eigenvalue weighted by Gasteiger charge is -2.12. The number of benzene rings is 2. The fraction of sp³-hybridized carbons (Fsp3) is 0.0952. The first-order valence-electron chi connectivity index (χ1n) is 8.53. The predicted octanol–water partition coefficient (Wildman–Crippen LogP) is 5.00. The highest BCUT2D eigenvalue weighted by atomic mass is 35.5. The molecule has 3 aromatic rings. The molecule has 0 saturated carbocycles. The Bertz CT molecular complexity index is 1080. The SMILES string of the molecule is COC(=O)c1ccc(C)c(NC(=O)c2ccc(Cl)c(NC(=O)c3cccs3)c2)c1. The minimum Gasteiger partial charge on any atom is -0.465 e.